The molecule has 1 saturated heterocycles. The molecule has 1 N–H and O–H groups in total. The van der Waals surface area contributed by atoms with E-state index in [0.29, 0.717) is 17.3 Å². The van der Waals surface area contributed by atoms with E-state index in [9.17, 15) is 8.42 Å². The highest BCUT2D eigenvalue weighted by atomic mass is 32.2. The van der Waals surface area contributed by atoms with Crippen LogP contribution in [0.5, 0.6) is 0 Å². The summed E-state index contributed by atoms with van der Waals surface area (Å²) in [5.41, 5.74) is 0. The molecule has 1 fully saturated rings. The van der Waals surface area contributed by atoms with Crippen molar-refractivity contribution in [1.29, 1.82) is 0 Å². The third-order valence-electron chi connectivity index (χ3n) is 2.64. The fourth-order valence-electron chi connectivity index (χ4n) is 1.79. The zero-order valence-electron chi connectivity index (χ0n) is 9.43. The minimum atomic E-state index is -3.26. The van der Waals surface area contributed by atoms with Gasteiger partial charge >= 0.3 is 0 Å². The Bertz CT molecular complexity index is 467. The van der Waals surface area contributed by atoms with Gasteiger partial charge in [0.15, 0.2) is 0 Å². The average molecular weight is 260 g/mol. The van der Waals surface area contributed by atoms with Gasteiger partial charge in [0.25, 0.3) is 10.0 Å². The smallest absolute Gasteiger partial charge is 0.252 e. The van der Waals surface area contributed by atoms with Crippen molar-refractivity contribution in [3.05, 3.63) is 17.0 Å². The van der Waals surface area contributed by atoms with Crippen molar-refractivity contribution >= 4 is 21.4 Å². The predicted octanol–water partition coefficient (Wildman–Crippen LogP) is 1.04. The van der Waals surface area contributed by atoms with Crippen LogP contribution in [0.4, 0.5) is 0 Å². The van der Waals surface area contributed by atoms with Crippen LogP contribution in [0.3, 0.4) is 0 Å². The second kappa shape index (κ2) is 4.44. The molecule has 6 heteroatoms. The van der Waals surface area contributed by atoms with Crippen LogP contribution in [0.25, 0.3) is 0 Å². The van der Waals surface area contributed by atoms with Crippen LogP contribution in [0, 0.1) is 6.92 Å². The van der Waals surface area contributed by atoms with E-state index in [4.69, 9.17) is 0 Å². The number of rotatable bonds is 2. The Morgan fingerprint density at radius 2 is 2.25 bits per heavy atom. The summed E-state index contributed by atoms with van der Waals surface area (Å²) in [6, 6.07) is 3.77. The number of hydrogen-bond acceptors (Lipinski definition) is 4. The molecule has 1 aliphatic rings. The van der Waals surface area contributed by atoms with Crippen LogP contribution in [0.15, 0.2) is 16.3 Å². The number of sulfonamides is 1. The zero-order chi connectivity index (χ0) is 11.8. The molecule has 0 amide bonds. The molecule has 0 spiro atoms. The summed E-state index contributed by atoms with van der Waals surface area (Å²) in [4.78, 5) is 1.03. The molecule has 4 nitrogen and oxygen atoms in total. The van der Waals surface area contributed by atoms with E-state index in [1.54, 1.807) is 10.4 Å². The highest BCUT2D eigenvalue weighted by Crippen LogP contribution is 2.24. The van der Waals surface area contributed by atoms with Crippen LogP contribution in [0.1, 0.15) is 11.8 Å². The maximum Gasteiger partial charge on any atom is 0.252 e. The molecule has 0 bridgehead atoms. The Labute approximate surface area is 100 Å². The minimum absolute atomic E-state index is 0.226. The number of thiophene rings is 1. The van der Waals surface area contributed by atoms with E-state index >= 15 is 0 Å². The Balaban J connectivity index is 2.25. The van der Waals surface area contributed by atoms with E-state index < -0.39 is 10.0 Å². The second-order valence-electron chi connectivity index (χ2n) is 4.08. The van der Waals surface area contributed by atoms with Crippen molar-refractivity contribution in [3.8, 4) is 0 Å². The van der Waals surface area contributed by atoms with Crippen LogP contribution in [0.2, 0.25) is 0 Å². The zero-order valence-corrected chi connectivity index (χ0v) is 11.1. The summed E-state index contributed by atoms with van der Waals surface area (Å²) in [6.07, 6.45) is 0. The molecule has 1 aromatic heterocycles. The quantitative estimate of drug-likeness (QED) is 0.864. The summed E-state index contributed by atoms with van der Waals surface area (Å²) in [5.74, 6) is 0. The molecule has 0 aromatic carbocycles. The molecule has 0 saturated carbocycles. The topological polar surface area (TPSA) is 49.4 Å². The van der Waals surface area contributed by atoms with Crippen molar-refractivity contribution in [2.75, 3.05) is 19.6 Å². The third kappa shape index (κ3) is 2.29. The van der Waals surface area contributed by atoms with Crippen LogP contribution in [-0.2, 0) is 10.0 Å². The fraction of sp³-hybridized carbons (Fsp3) is 0.600. The number of nitrogens with zero attached hydrogens (tertiary/aromatic N) is 1. The van der Waals surface area contributed by atoms with E-state index in [2.05, 4.69) is 5.32 Å². The van der Waals surface area contributed by atoms with Gasteiger partial charge in [0, 0.05) is 30.6 Å². The van der Waals surface area contributed by atoms with Crippen LogP contribution in [-0.4, -0.2) is 38.4 Å². The largest absolute Gasteiger partial charge is 0.312 e. The number of aryl methyl sites for hydroxylation is 1. The average Bonchev–Trinajstić information content (AvgIpc) is 2.65. The standard InChI is InChI=1S/C10H16N2O2S2/c1-8-7-12(6-5-11-8)16(13,14)10-4-3-9(2)15-10/h3-4,8,11H,5-7H2,1-2H3. The van der Waals surface area contributed by atoms with Gasteiger partial charge in [0.05, 0.1) is 0 Å². The van der Waals surface area contributed by atoms with Gasteiger partial charge < -0.3 is 5.32 Å². The first kappa shape index (κ1) is 12.0. The van der Waals surface area contributed by atoms with Gasteiger partial charge in [-0.1, -0.05) is 0 Å². The molecule has 16 heavy (non-hydrogen) atoms. The van der Waals surface area contributed by atoms with E-state index in [1.807, 2.05) is 19.9 Å². The van der Waals surface area contributed by atoms with Gasteiger partial charge in [0.2, 0.25) is 0 Å². The lowest BCUT2D eigenvalue weighted by molar-refractivity contribution is 0.311. The predicted molar refractivity (Wildman–Crippen MR) is 65.3 cm³/mol. The molecule has 2 rings (SSSR count). The molecule has 1 unspecified atom stereocenters. The highest BCUT2D eigenvalue weighted by molar-refractivity contribution is 7.91. The van der Waals surface area contributed by atoms with Gasteiger partial charge in [-0.05, 0) is 26.0 Å². The first-order chi connectivity index (χ1) is 7.50. The second-order valence-corrected chi connectivity index (χ2v) is 7.54. The molecule has 0 radical (unpaired) electrons. The maximum atomic E-state index is 12.3. The van der Waals surface area contributed by atoms with Gasteiger partial charge in [-0.15, -0.1) is 11.3 Å². The lowest BCUT2D eigenvalue weighted by Gasteiger charge is -2.30. The monoisotopic (exact) mass is 260 g/mol. The van der Waals surface area contributed by atoms with E-state index in [0.717, 1.165) is 11.4 Å². The van der Waals surface area contributed by atoms with Gasteiger partial charge in [0.1, 0.15) is 4.21 Å². The van der Waals surface area contributed by atoms with Gasteiger partial charge in [-0.3, -0.25) is 0 Å². The highest BCUT2D eigenvalue weighted by Gasteiger charge is 2.29. The summed E-state index contributed by atoms with van der Waals surface area (Å²) in [5, 5.41) is 3.24. The number of piperazine rings is 1. The minimum Gasteiger partial charge on any atom is -0.312 e. The van der Waals surface area contributed by atoms with Gasteiger partial charge in [-0.25, -0.2) is 8.42 Å². The molecule has 90 valence electrons. The summed E-state index contributed by atoms with van der Waals surface area (Å²) >= 11 is 1.34. The molecule has 1 aromatic rings. The lowest BCUT2D eigenvalue weighted by Crippen LogP contribution is -2.51. The number of hydrogen-bond donors (Lipinski definition) is 1. The Hall–Kier alpha value is -0.430. The Kier molecular flexibility index (Phi) is 3.34. The van der Waals surface area contributed by atoms with Crippen molar-refractivity contribution in [2.45, 2.75) is 24.1 Å². The molecule has 1 atom stereocenters. The molecule has 2 heterocycles. The summed E-state index contributed by atoms with van der Waals surface area (Å²) in [6.45, 7) is 5.76. The van der Waals surface area contributed by atoms with Crippen molar-refractivity contribution in [3.63, 3.8) is 0 Å². The van der Waals surface area contributed by atoms with Crippen LogP contribution >= 0.6 is 11.3 Å². The lowest BCUT2D eigenvalue weighted by atomic mass is 10.3. The van der Waals surface area contributed by atoms with Crippen LogP contribution < -0.4 is 5.32 Å². The molecular formula is C10H16N2O2S2. The van der Waals surface area contributed by atoms with E-state index in [1.165, 1.54) is 11.3 Å². The first-order valence-electron chi connectivity index (χ1n) is 5.30. The molecule has 1 aliphatic heterocycles. The van der Waals surface area contributed by atoms with Crippen molar-refractivity contribution in [2.24, 2.45) is 0 Å². The summed E-state index contributed by atoms with van der Waals surface area (Å²) in [7, 11) is -3.26. The Morgan fingerprint density at radius 3 is 2.81 bits per heavy atom. The third-order valence-corrected chi connectivity index (χ3v) is 5.97. The van der Waals surface area contributed by atoms with Crippen molar-refractivity contribution < 1.29 is 8.42 Å². The first-order valence-corrected chi connectivity index (χ1v) is 7.56. The van der Waals surface area contributed by atoms with Gasteiger partial charge in [-0.2, -0.15) is 4.31 Å². The summed E-state index contributed by atoms with van der Waals surface area (Å²) < 4.78 is 26.5. The fourth-order valence-corrected chi connectivity index (χ4v) is 4.76. The van der Waals surface area contributed by atoms with E-state index in [-0.39, 0.29) is 6.04 Å². The molecular weight excluding hydrogens is 244 g/mol. The Morgan fingerprint density at radius 1 is 1.50 bits per heavy atom. The SMILES string of the molecule is Cc1ccc(S(=O)(=O)N2CCNC(C)C2)s1. The normalized spacial score (nSPS) is 23.5. The maximum absolute atomic E-state index is 12.3. The number of nitrogens with one attached hydrogen (secondary N) is 1. The molecule has 0 aliphatic carbocycles. The van der Waals surface area contributed by atoms with Crippen molar-refractivity contribution in [1.82, 2.24) is 9.62 Å².